The van der Waals surface area contributed by atoms with Gasteiger partial charge in [0.2, 0.25) is 0 Å². The van der Waals surface area contributed by atoms with E-state index in [1.165, 1.54) is 13.1 Å². The van der Waals surface area contributed by atoms with E-state index in [9.17, 15) is 21.6 Å². The summed E-state index contributed by atoms with van der Waals surface area (Å²) in [5.74, 6) is 0. The van der Waals surface area contributed by atoms with Crippen LogP contribution in [0.2, 0.25) is 0 Å². The fourth-order valence-electron chi connectivity index (χ4n) is 1.69. The largest absolute Gasteiger partial charge is 0.390 e. The van der Waals surface area contributed by atoms with Crippen molar-refractivity contribution in [2.75, 3.05) is 13.6 Å². The monoisotopic (exact) mass is 342 g/mol. The molecule has 0 unspecified atom stereocenters. The molecule has 1 aliphatic carbocycles. The molecule has 0 saturated heterocycles. The molecule has 1 aromatic rings. The second kappa shape index (κ2) is 6.23. The van der Waals surface area contributed by atoms with Crippen LogP contribution in [-0.4, -0.2) is 38.5 Å². The lowest BCUT2D eigenvalue weighted by Crippen LogP contribution is -2.30. The van der Waals surface area contributed by atoms with Crippen molar-refractivity contribution >= 4 is 21.4 Å². The molecule has 120 valence electrons. The van der Waals surface area contributed by atoms with Gasteiger partial charge in [-0.3, -0.25) is 0 Å². The fraction of sp³-hybridized carbons (Fsp3) is 0.667. The molecule has 0 amide bonds. The predicted molar refractivity (Wildman–Crippen MR) is 74.7 cm³/mol. The Bertz CT molecular complexity index is 580. The summed E-state index contributed by atoms with van der Waals surface area (Å²) in [6.45, 7) is 0.0162. The van der Waals surface area contributed by atoms with Crippen LogP contribution in [0.5, 0.6) is 0 Å². The minimum absolute atomic E-state index is 0.0831. The molecule has 1 aromatic heterocycles. The summed E-state index contributed by atoms with van der Waals surface area (Å²) in [6, 6.07) is 2.04. The first-order valence-electron chi connectivity index (χ1n) is 6.52. The average molecular weight is 342 g/mol. The zero-order chi connectivity index (χ0) is 15.7. The minimum atomic E-state index is -4.36. The molecule has 2 rings (SSSR count). The summed E-state index contributed by atoms with van der Waals surface area (Å²) in [4.78, 5) is 0. The summed E-state index contributed by atoms with van der Waals surface area (Å²) in [6.07, 6.45) is -3.24. The van der Waals surface area contributed by atoms with Gasteiger partial charge in [0.1, 0.15) is 4.21 Å². The van der Waals surface area contributed by atoms with E-state index in [0.717, 1.165) is 34.0 Å². The molecule has 0 bridgehead atoms. The van der Waals surface area contributed by atoms with Crippen LogP contribution < -0.4 is 5.32 Å². The first-order valence-corrected chi connectivity index (χ1v) is 8.84. The number of thiophene rings is 1. The number of hydrogen-bond acceptors (Lipinski definition) is 4. The zero-order valence-corrected chi connectivity index (χ0v) is 13.1. The SMILES string of the molecule is CN(CCC(F)(F)F)S(=O)(=O)c1cc(CNC2CC2)cs1. The molecule has 1 heterocycles. The van der Waals surface area contributed by atoms with Crippen LogP contribution >= 0.6 is 11.3 Å². The maximum absolute atomic E-state index is 12.2. The second-order valence-corrected chi connectivity index (χ2v) is 8.30. The van der Waals surface area contributed by atoms with E-state index in [4.69, 9.17) is 0 Å². The highest BCUT2D eigenvalue weighted by Gasteiger charge is 2.31. The van der Waals surface area contributed by atoms with E-state index in [0.29, 0.717) is 12.6 Å². The van der Waals surface area contributed by atoms with Gasteiger partial charge in [0.15, 0.2) is 0 Å². The van der Waals surface area contributed by atoms with E-state index in [1.807, 2.05) is 0 Å². The Morgan fingerprint density at radius 3 is 2.67 bits per heavy atom. The Labute approximate surface area is 126 Å². The highest BCUT2D eigenvalue weighted by atomic mass is 32.2. The number of alkyl halides is 3. The highest BCUT2D eigenvalue weighted by molar-refractivity contribution is 7.91. The normalized spacial score (nSPS) is 16.6. The molecule has 0 spiro atoms. The van der Waals surface area contributed by atoms with Crippen LogP contribution in [0, 0.1) is 0 Å². The van der Waals surface area contributed by atoms with Crippen LogP contribution in [0.3, 0.4) is 0 Å². The number of nitrogens with zero attached hydrogens (tertiary/aromatic N) is 1. The van der Waals surface area contributed by atoms with Crippen LogP contribution in [0.15, 0.2) is 15.7 Å². The molecular weight excluding hydrogens is 325 g/mol. The van der Waals surface area contributed by atoms with Crippen molar-refractivity contribution in [2.24, 2.45) is 0 Å². The summed E-state index contributed by atoms with van der Waals surface area (Å²) in [5, 5.41) is 4.98. The molecule has 0 radical (unpaired) electrons. The zero-order valence-electron chi connectivity index (χ0n) is 11.5. The van der Waals surface area contributed by atoms with Gasteiger partial charge in [-0.15, -0.1) is 11.3 Å². The van der Waals surface area contributed by atoms with Crippen molar-refractivity contribution in [3.63, 3.8) is 0 Å². The number of nitrogens with one attached hydrogen (secondary N) is 1. The molecule has 0 atom stereocenters. The van der Waals surface area contributed by atoms with Crippen molar-refractivity contribution in [3.8, 4) is 0 Å². The Morgan fingerprint density at radius 1 is 1.43 bits per heavy atom. The lowest BCUT2D eigenvalue weighted by Gasteiger charge is -2.16. The van der Waals surface area contributed by atoms with E-state index in [1.54, 1.807) is 5.38 Å². The molecule has 1 aliphatic rings. The van der Waals surface area contributed by atoms with Gasteiger partial charge in [-0.2, -0.15) is 17.5 Å². The van der Waals surface area contributed by atoms with E-state index >= 15 is 0 Å². The van der Waals surface area contributed by atoms with Gasteiger partial charge >= 0.3 is 6.18 Å². The Morgan fingerprint density at radius 2 is 2.10 bits per heavy atom. The maximum atomic E-state index is 12.2. The van der Waals surface area contributed by atoms with Gasteiger partial charge in [-0.25, -0.2) is 8.42 Å². The van der Waals surface area contributed by atoms with E-state index < -0.39 is 29.2 Å². The summed E-state index contributed by atoms with van der Waals surface area (Å²) in [7, 11) is -2.67. The van der Waals surface area contributed by atoms with Gasteiger partial charge in [0.05, 0.1) is 6.42 Å². The highest BCUT2D eigenvalue weighted by Crippen LogP contribution is 2.26. The third-order valence-corrected chi connectivity index (χ3v) is 6.50. The molecule has 9 heteroatoms. The first kappa shape index (κ1) is 16.7. The Kier molecular flexibility index (Phi) is 4.96. The minimum Gasteiger partial charge on any atom is -0.310 e. The quantitative estimate of drug-likeness (QED) is 0.829. The third kappa shape index (κ3) is 4.94. The predicted octanol–water partition coefficient (Wildman–Crippen LogP) is 2.57. The van der Waals surface area contributed by atoms with Crippen molar-refractivity contribution in [3.05, 3.63) is 17.0 Å². The van der Waals surface area contributed by atoms with Crippen LogP contribution in [0.1, 0.15) is 24.8 Å². The molecule has 0 aliphatic heterocycles. The Balaban J connectivity index is 1.97. The Hall–Kier alpha value is -0.640. The number of halogens is 3. The molecule has 1 N–H and O–H groups in total. The third-order valence-electron chi connectivity index (χ3n) is 3.18. The van der Waals surface area contributed by atoms with Crippen LogP contribution in [0.4, 0.5) is 13.2 Å². The van der Waals surface area contributed by atoms with Crippen LogP contribution in [-0.2, 0) is 16.6 Å². The summed E-state index contributed by atoms with van der Waals surface area (Å²) in [5.41, 5.74) is 0.842. The van der Waals surface area contributed by atoms with Gasteiger partial charge in [-0.1, -0.05) is 0 Å². The van der Waals surface area contributed by atoms with Gasteiger partial charge in [0, 0.05) is 26.2 Å². The first-order chi connectivity index (χ1) is 9.68. The maximum Gasteiger partial charge on any atom is 0.390 e. The van der Waals surface area contributed by atoms with Gasteiger partial charge < -0.3 is 5.32 Å². The van der Waals surface area contributed by atoms with Gasteiger partial charge in [-0.05, 0) is 29.9 Å². The number of rotatable bonds is 7. The number of sulfonamides is 1. The molecule has 4 nitrogen and oxygen atoms in total. The van der Waals surface area contributed by atoms with Gasteiger partial charge in [0.25, 0.3) is 10.0 Å². The summed E-state index contributed by atoms with van der Waals surface area (Å²) < 4.78 is 61.7. The number of hydrogen-bond donors (Lipinski definition) is 1. The van der Waals surface area contributed by atoms with Crippen LogP contribution in [0.25, 0.3) is 0 Å². The molecular formula is C12H17F3N2O2S2. The lowest BCUT2D eigenvalue weighted by molar-refractivity contribution is -0.135. The molecule has 1 saturated carbocycles. The molecule has 1 fully saturated rings. The average Bonchev–Trinajstić information content (AvgIpc) is 3.08. The second-order valence-electron chi connectivity index (χ2n) is 5.12. The smallest absolute Gasteiger partial charge is 0.310 e. The van der Waals surface area contributed by atoms with Crippen molar-refractivity contribution in [1.29, 1.82) is 0 Å². The molecule has 0 aromatic carbocycles. The fourth-order valence-corrected chi connectivity index (χ4v) is 4.28. The lowest BCUT2D eigenvalue weighted by atomic mass is 10.3. The standard InChI is InChI=1S/C12H17F3N2O2S2/c1-17(5-4-12(13,14)15)21(18,19)11-6-9(8-20-11)7-16-10-2-3-10/h6,8,10,16H,2-5,7H2,1H3. The summed E-state index contributed by atoms with van der Waals surface area (Å²) >= 11 is 1.04. The van der Waals surface area contributed by atoms with E-state index in [-0.39, 0.29) is 4.21 Å². The van der Waals surface area contributed by atoms with Crippen molar-refractivity contribution < 1.29 is 21.6 Å². The van der Waals surface area contributed by atoms with E-state index in [2.05, 4.69) is 5.32 Å². The van der Waals surface area contributed by atoms with Crippen molar-refractivity contribution in [2.45, 2.75) is 42.2 Å². The van der Waals surface area contributed by atoms with Crippen molar-refractivity contribution in [1.82, 2.24) is 9.62 Å². The molecule has 21 heavy (non-hydrogen) atoms. The topological polar surface area (TPSA) is 49.4 Å².